The molecule has 5 nitrogen and oxygen atoms in total. The molecule has 0 atom stereocenters. The predicted molar refractivity (Wildman–Crippen MR) is 77.1 cm³/mol. The molecule has 0 saturated heterocycles. The van der Waals surface area contributed by atoms with Crippen molar-refractivity contribution in [2.45, 2.75) is 25.8 Å². The zero-order valence-corrected chi connectivity index (χ0v) is 11.4. The maximum Gasteiger partial charge on any atom is 0.335 e. The van der Waals surface area contributed by atoms with E-state index in [-0.39, 0.29) is 11.6 Å². The molecule has 0 aliphatic heterocycles. The lowest BCUT2D eigenvalue weighted by Crippen LogP contribution is -2.36. The average Bonchev–Trinajstić information content (AvgIpc) is 3.19. The molecule has 5 heteroatoms. The molecule has 0 spiro atoms. The third-order valence-corrected chi connectivity index (χ3v) is 3.28. The molecule has 1 aliphatic rings. The number of carboxylic acid groups (broad SMARTS) is 1. The van der Waals surface area contributed by atoms with E-state index in [9.17, 15) is 9.59 Å². The summed E-state index contributed by atoms with van der Waals surface area (Å²) in [4.78, 5) is 24.8. The van der Waals surface area contributed by atoms with Crippen molar-refractivity contribution in [3.05, 3.63) is 42.0 Å². The highest BCUT2D eigenvalue weighted by Crippen LogP contribution is 2.27. The average molecular weight is 274 g/mol. The largest absolute Gasteiger partial charge is 0.478 e. The summed E-state index contributed by atoms with van der Waals surface area (Å²) in [5, 5.41) is 11.8. The second-order valence-corrected chi connectivity index (χ2v) is 4.94. The lowest BCUT2D eigenvalue weighted by Gasteiger charge is -2.21. The third kappa shape index (κ3) is 3.17. The van der Waals surface area contributed by atoms with E-state index in [4.69, 9.17) is 5.11 Å². The number of amides is 2. The normalized spacial score (nSPS) is 13.7. The van der Waals surface area contributed by atoms with Gasteiger partial charge in [0.2, 0.25) is 0 Å². The summed E-state index contributed by atoms with van der Waals surface area (Å²) in [6.07, 6.45) is 3.76. The van der Waals surface area contributed by atoms with E-state index in [1.807, 2.05) is 0 Å². The quantitative estimate of drug-likeness (QED) is 0.811. The molecule has 20 heavy (non-hydrogen) atoms. The van der Waals surface area contributed by atoms with Crippen LogP contribution in [0.5, 0.6) is 0 Å². The molecule has 1 fully saturated rings. The minimum Gasteiger partial charge on any atom is -0.478 e. The van der Waals surface area contributed by atoms with E-state index in [1.54, 1.807) is 30.0 Å². The van der Waals surface area contributed by atoms with Crippen LogP contribution >= 0.6 is 0 Å². The van der Waals surface area contributed by atoms with E-state index < -0.39 is 5.97 Å². The van der Waals surface area contributed by atoms with Crippen molar-refractivity contribution in [3.63, 3.8) is 0 Å². The number of nitrogens with one attached hydrogen (secondary N) is 1. The highest BCUT2D eigenvalue weighted by atomic mass is 16.4. The van der Waals surface area contributed by atoms with Gasteiger partial charge in [-0.2, -0.15) is 0 Å². The number of rotatable bonds is 5. The first-order valence-corrected chi connectivity index (χ1v) is 6.55. The van der Waals surface area contributed by atoms with Crippen LogP contribution in [0.2, 0.25) is 0 Å². The van der Waals surface area contributed by atoms with Gasteiger partial charge in [-0.1, -0.05) is 6.08 Å². The first-order valence-electron chi connectivity index (χ1n) is 6.55. The van der Waals surface area contributed by atoms with Crippen molar-refractivity contribution in [1.29, 1.82) is 0 Å². The lowest BCUT2D eigenvalue weighted by molar-refractivity contribution is 0.0696. The molecule has 0 aromatic heterocycles. The predicted octanol–water partition coefficient (Wildman–Crippen LogP) is 2.88. The molecule has 1 aromatic carbocycles. The van der Waals surface area contributed by atoms with Crippen LogP contribution < -0.4 is 5.32 Å². The maximum atomic E-state index is 12.2. The SMILES string of the molecule is C=CCN(C(=O)Nc1ccc(C(=O)O)c(C)c1)C1CC1. The number of carboxylic acids is 1. The van der Waals surface area contributed by atoms with Crippen LogP contribution in [0.4, 0.5) is 10.5 Å². The zero-order chi connectivity index (χ0) is 14.7. The van der Waals surface area contributed by atoms with Gasteiger partial charge in [-0.3, -0.25) is 0 Å². The highest BCUT2D eigenvalue weighted by molar-refractivity contribution is 5.93. The number of hydrogen-bond acceptors (Lipinski definition) is 2. The molecule has 2 N–H and O–H groups in total. The molecule has 2 rings (SSSR count). The Bertz CT molecular complexity index is 550. The number of anilines is 1. The fourth-order valence-electron chi connectivity index (χ4n) is 2.10. The fourth-order valence-corrected chi connectivity index (χ4v) is 2.10. The van der Waals surface area contributed by atoms with E-state index >= 15 is 0 Å². The number of nitrogens with zero attached hydrogens (tertiary/aromatic N) is 1. The van der Waals surface area contributed by atoms with Crippen molar-refractivity contribution >= 4 is 17.7 Å². The Morgan fingerprint density at radius 2 is 2.20 bits per heavy atom. The first-order chi connectivity index (χ1) is 9.52. The van der Waals surface area contributed by atoms with E-state index in [0.29, 0.717) is 23.8 Å². The van der Waals surface area contributed by atoms with Crippen LogP contribution in [0.15, 0.2) is 30.9 Å². The summed E-state index contributed by atoms with van der Waals surface area (Å²) >= 11 is 0. The minimum absolute atomic E-state index is 0.171. The Morgan fingerprint density at radius 1 is 1.50 bits per heavy atom. The second kappa shape index (κ2) is 5.77. The van der Waals surface area contributed by atoms with Gasteiger partial charge >= 0.3 is 12.0 Å². The summed E-state index contributed by atoms with van der Waals surface area (Å²) in [7, 11) is 0. The maximum absolute atomic E-state index is 12.2. The van der Waals surface area contributed by atoms with Crippen LogP contribution in [0.1, 0.15) is 28.8 Å². The van der Waals surface area contributed by atoms with Crippen molar-refractivity contribution in [1.82, 2.24) is 4.90 Å². The van der Waals surface area contributed by atoms with Crippen LogP contribution in [0.25, 0.3) is 0 Å². The summed E-state index contributed by atoms with van der Waals surface area (Å²) in [6.45, 7) is 5.88. The Morgan fingerprint density at radius 3 is 2.70 bits per heavy atom. The van der Waals surface area contributed by atoms with E-state index in [1.165, 1.54) is 6.07 Å². The number of urea groups is 1. The summed E-state index contributed by atoms with van der Waals surface area (Å²) < 4.78 is 0. The van der Waals surface area contributed by atoms with Crippen LogP contribution in [-0.4, -0.2) is 34.6 Å². The van der Waals surface area contributed by atoms with Gasteiger partial charge in [-0.25, -0.2) is 9.59 Å². The van der Waals surface area contributed by atoms with Crippen molar-refractivity contribution in [3.8, 4) is 0 Å². The van der Waals surface area contributed by atoms with Gasteiger partial charge in [0.25, 0.3) is 0 Å². The minimum atomic E-state index is -0.966. The Kier molecular flexibility index (Phi) is 4.08. The zero-order valence-electron chi connectivity index (χ0n) is 11.4. The standard InChI is InChI=1S/C15H18N2O3/c1-3-8-17(12-5-6-12)15(20)16-11-4-7-13(14(18)19)10(2)9-11/h3-4,7,9,12H,1,5-6,8H2,2H3,(H,16,20)(H,18,19). The molecule has 1 aliphatic carbocycles. The molecule has 2 amide bonds. The smallest absolute Gasteiger partial charge is 0.335 e. The molecule has 0 bridgehead atoms. The van der Waals surface area contributed by atoms with E-state index in [2.05, 4.69) is 11.9 Å². The van der Waals surface area contributed by atoms with Gasteiger partial charge in [-0.15, -0.1) is 6.58 Å². The number of aromatic carboxylic acids is 1. The molecule has 0 radical (unpaired) electrons. The van der Waals surface area contributed by atoms with Crippen molar-refractivity contribution in [2.24, 2.45) is 0 Å². The van der Waals surface area contributed by atoms with Crippen molar-refractivity contribution < 1.29 is 14.7 Å². The van der Waals surface area contributed by atoms with Gasteiger partial charge in [0.05, 0.1) is 5.56 Å². The van der Waals surface area contributed by atoms with Gasteiger partial charge in [-0.05, 0) is 43.5 Å². The molecular weight excluding hydrogens is 256 g/mol. The summed E-state index contributed by atoms with van der Waals surface area (Å²) in [5.74, 6) is -0.966. The Balaban J connectivity index is 2.08. The summed E-state index contributed by atoms with van der Waals surface area (Å²) in [6, 6.07) is 4.90. The van der Waals surface area contributed by atoms with Gasteiger partial charge < -0.3 is 15.3 Å². The fraction of sp³-hybridized carbons (Fsp3) is 0.333. The van der Waals surface area contributed by atoms with Crippen LogP contribution in [-0.2, 0) is 0 Å². The topological polar surface area (TPSA) is 69.6 Å². The molecule has 1 saturated carbocycles. The molecule has 0 heterocycles. The van der Waals surface area contributed by atoms with Gasteiger partial charge in [0.1, 0.15) is 0 Å². The van der Waals surface area contributed by atoms with E-state index in [0.717, 1.165) is 12.8 Å². The second-order valence-electron chi connectivity index (χ2n) is 4.94. The first kappa shape index (κ1) is 14.1. The Hall–Kier alpha value is -2.30. The summed E-state index contributed by atoms with van der Waals surface area (Å²) in [5.41, 5.74) is 1.47. The van der Waals surface area contributed by atoms with Crippen LogP contribution in [0.3, 0.4) is 0 Å². The Labute approximate surface area is 117 Å². The number of benzene rings is 1. The van der Waals surface area contributed by atoms with Crippen LogP contribution in [0, 0.1) is 6.92 Å². The number of aryl methyl sites for hydroxylation is 1. The number of carbonyl (C=O) groups is 2. The lowest BCUT2D eigenvalue weighted by atomic mass is 10.1. The van der Waals surface area contributed by atoms with Crippen molar-refractivity contribution in [2.75, 3.05) is 11.9 Å². The number of hydrogen-bond donors (Lipinski definition) is 2. The molecule has 106 valence electrons. The molecule has 0 unspecified atom stereocenters. The van der Waals surface area contributed by atoms with Gasteiger partial charge in [0, 0.05) is 18.3 Å². The molecular formula is C15H18N2O3. The highest BCUT2D eigenvalue weighted by Gasteiger charge is 2.31. The number of carbonyl (C=O) groups excluding carboxylic acids is 1. The monoisotopic (exact) mass is 274 g/mol. The third-order valence-electron chi connectivity index (χ3n) is 3.28. The molecule has 1 aromatic rings. The van der Waals surface area contributed by atoms with Gasteiger partial charge in [0.15, 0.2) is 0 Å².